The minimum absolute atomic E-state index is 0.0990. The minimum Gasteiger partial charge on any atom is -0.497 e. The van der Waals surface area contributed by atoms with Crippen LogP contribution in [0.1, 0.15) is 39.4 Å². The zero-order chi connectivity index (χ0) is 24.7. The van der Waals surface area contributed by atoms with Gasteiger partial charge in [0.2, 0.25) is 0 Å². The molecule has 0 unspecified atom stereocenters. The first-order valence-electron chi connectivity index (χ1n) is 12.4. The van der Waals surface area contributed by atoms with Gasteiger partial charge in [-0.25, -0.2) is 4.79 Å². The van der Waals surface area contributed by atoms with E-state index in [1.54, 1.807) is 31.4 Å². The molecule has 184 valence electrons. The summed E-state index contributed by atoms with van der Waals surface area (Å²) in [4.78, 5) is 12.4. The van der Waals surface area contributed by atoms with Crippen molar-refractivity contribution in [3.63, 3.8) is 0 Å². The molecule has 1 aliphatic heterocycles. The van der Waals surface area contributed by atoms with Gasteiger partial charge in [-0.3, -0.25) is 0 Å². The maximum atomic E-state index is 12.4. The first-order valence-corrected chi connectivity index (χ1v) is 12.4. The molecular formula is C31H31NO4. The third kappa shape index (κ3) is 5.76. The van der Waals surface area contributed by atoms with Crippen LogP contribution in [0.2, 0.25) is 0 Å². The number of fused-ring (bicyclic) bond motifs is 1. The summed E-state index contributed by atoms with van der Waals surface area (Å²) in [6, 6.07) is 30.2. The summed E-state index contributed by atoms with van der Waals surface area (Å²) in [5.41, 5.74) is 3.87. The van der Waals surface area contributed by atoms with Crippen LogP contribution in [0.25, 0.3) is 10.8 Å². The second kappa shape index (κ2) is 11.4. The summed E-state index contributed by atoms with van der Waals surface area (Å²) in [6.07, 6.45) is 1.12. The Kier molecular flexibility index (Phi) is 7.60. The van der Waals surface area contributed by atoms with E-state index >= 15 is 0 Å². The zero-order valence-corrected chi connectivity index (χ0v) is 20.5. The van der Waals surface area contributed by atoms with Gasteiger partial charge >= 0.3 is 5.97 Å². The molecule has 36 heavy (non-hydrogen) atoms. The highest BCUT2D eigenvalue weighted by Crippen LogP contribution is 2.29. The van der Waals surface area contributed by atoms with Crippen molar-refractivity contribution < 1.29 is 19.0 Å². The van der Waals surface area contributed by atoms with Crippen molar-refractivity contribution in [2.75, 3.05) is 20.2 Å². The highest BCUT2D eigenvalue weighted by molar-refractivity contribution is 5.89. The first kappa shape index (κ1) is 24.0. The predicted octanol–water partition coefficient (Wildman–Crippen LogP) is 5.87. The Balaban J connectivity index is 1.19. The maximum absolute atomic E-state index is 12.4. The van der Waals surface area contributed by atoms with Crippen LogP contribution in [0, 0.1) is 0 Å². The van der Waals surface area contributed by atoms with Gasteiger partial charge in [0, 0.05) is 12.5 Å². The van der Waals surface area contributed by atoms with Gasteiger partial charge < -0.3 is 19.5 Å². The average molecular weight is 482 g/mol. The topological polar surface area (TPSA) is 56.8 Å². The van der Waals surface area contributed by atoms with Crippen LogP contribution in [0.5, 0.6) is 5.75 Å². The number of ether oxygens (including phenoxy) is 3. The monoisotopic (exact) mass is 481 g/mol. The molecule has 0 aliphatic carbocycles. The fraction of sp³-hybridized carbons (Fsp3) is 0.258. The number of hydrogen-bond donors (Lipinski definition) is 1. The van der Waals surface area contributed by atoms with Crippen LogP contribution in [-0.4, -0.2) is 32.3 Å². The van der Waals surface area contributed by atoms with Gasteiger partial charge in [0.15, 0.2) is 0 Å². The summed E-state index contributed by atoms with van der Waals surface area (Å²) in [6.45, 7) is 2.62. The Morgan fingerprint density at radius 2 is 1.67 bits per heavy atom. The van der Waals surface area contributed by atoms with Crippen LogP contribution in [0.3, 0.4) is 0 Å². The minimum atomic E-state index is -0.363. The van der Waals surface area contributed by atoms with E-state index in [0.29, 0.717) is 23.8 Å². The SMILES string of the molecule is COc1cccc(C(=O)OCc2ccc([C@H]3CCNC[C@@H]3OCc3ccc4ccccc4c3)cc2)c1. The second-order valence-corrected chi connectivity index (χ2v) is 9.18. The highest BCUT2D eigenvalue weighted by atomic mass is 16.5. The van der Waals surface area contributed by atoms with Gasteiger partial charge in [-0.05, 0) is 64.7 Å². The average Bonchev–Trinajstić information content (AvgIpc) is 2.95. The van der Waals surface area contributed by atoms with Crippen LogP contribution < -0.4 is 10.1 Å². The van der Waals surface area contributed by atoms with E-state index in [2.05, 4.69) is 59.9 Å². The number of esters is 1. The molecule has 0 bridgehead atoms. The highest BCUT2D eigenvalue weighted by Gasteiger charge is 2.27. The maximum Gasteiger partial charge on any atom is 0.338 e. The Hall–Kier alpha value is -3.67. The summed E-state index contributed by atoms with van der Waals surface area (Å²) < 4.78 is 17.1. The molecule has 4 aromatic rings. The molecule has 0 radical (unpaired) electrons. The van der Waals surface area contributed by atoms with Crippen molar-refractivity contribution in [2.24, 2.45) is 0 Å². The third-order valence-corrected chi connectivity index (χ3v) is 6.79. The smallest absolute Gasteiger partial charge is 0.338 e. The quantitative estimate of drug-likeness (QED) is 0.319. The fourth-order valence-electron chi connectivity index (χ4n) is 4.76. The van der Waals surface area contributed by atoms with Gasteiger partial charge in [-0.2, -0.15) is 0 Å². The number of piperidine rings is 1. The number of carbonyl (C=O) groups is 1. The Labute approximate surface area is 212 Å². The van der Waals surface area contributed by atoms with Crippen LogP contribution >= 0.6 is 0 Å². The predicted molar refractivity (Wildman–Crippen MR) is 141 cm³/mol. The van der Waals surface area contributed by atoms with Gasteiger partial charge in [0.1, 0.15) is 12.4 Å². The normalized spacial score (nSPS) is 17.6. The summed E-state index contributed by atoms with van der Waals surface area (Å²) in [7, 11) is 1.58. The number of rotatable bonds is 8. The molecule has 5 heteroatoms. The number of benzene rings is 4. The van der Waals surface area contributed by atoms with Crippen LogP contribution in [0.15, 0.2) is 91.0 Å². The van der Waals surface area contributed by atoms with E-state index in [4.69, 9.17) is 14.2 Å². The second-order valence-electron chi connectivity index (χ2n) is 9.18. The molecule has 1 N–H and O–H groups in total. The van der Waals surface area contributed by atoms with Crippen molar-refractivity contribution in [3.8, 4) is 5.75 Å². The van der Waals surface area contributed by atoms with Gasteiger partial charge in [0.05, 0.1) is 25.4 Å². The first-order chi connectivity index (χ1) is 17.7. The molecule has 0 aromatic heterocycles. The standard InChI is InChI=1S/C31H31NO4/c1-34-28-8-4-7-27(18-28)31(33)36-20-22-9-13-25(14-10-22)29-15-16-32-19-30(29)35-21-23-11-12-24-5-2-3-6-26(24)17-23/h2-14,17-18,29-30,32H,15-16,19-21H2,1H3/t29-,30+/m1/s1. The molecular weight excluding hydrogens is 450 g/mol. The Bertz CT molecular complexity index is 1320. The fourth-order valence-corrected chi connectivity index (χ4v) is 4.76. The molecule has 4 aromatic carbocycles. The summed E-state index contributed by atoms with van der Waals surface area (Å²) in [5, 5.41) is 5.96. The van der Waals surface area contributed by atoms with E-state index in [-0.39, 0.29) is 18.7 Å². The van der Waals surface area contributed by atoms with Crippen molar-refractivity contribution in [1.29, 1.82) is 0 Å². The third-order valence-electron chi connectivity index (χ3n) is 6.79. The summed E-state index contributed by atoms with van der Waals surface area (Å²) >= 11 is 0. The largest absolute Gasteiger partial charge is 0.497 e. The molecule has 1 aliphatic rings. The van der Waals surface area contributed by atoms with Gasteiger partial charge in [0.25, 0.3) is 0 Å². The van der Waals surface area contributed by atoms with Crippen LogP contribution in [0.4, 0.5) is 0 Å². The molecule has 0 saturated carbocycles. The molecule has 2 atom stereocenters. The van der Waals surface area contributed by atoms with E-state index < -0.39 is 0 Å². The Morgan fingerprint density at radius 3 is 2.50 bits per heavy atom. The molecule has 0 spiro atoms. The zero-order valence-electron chi connectivity index (χ0n) is 20.5. The molecule has 5 rings (SSSR count). The lowest BCUT2D eigenvalue weighted by Gasteiger charge is -2.32. The van der Waals surface area contributed by atoms with Crippen molar-refractivity contribution in [2.45, 2.75) is 31.7 Å². The molecule has 1 heterocycles. The van der Waals surface area contributed by atoms with Crippen LogP contribution in [-0.2, 0) is 22.7 Å². The van der Waals surface area contributed by atoms with Crippen molar-refractivity contribution in [1.82, 2.24) is 5.32 Å². The van der Waals surface area contributed by atoms with E-state index in [0.717, 1.165) is 25.1 Å². The Morgan fingerprint density at radius 1 is 0.861 bits per heavy atom. The van der Waals surface area contributed by atoms with Crippen molar-refractivity contribution in [3.05, 3.63) is 113 Å². The number of nitrogens with one attached hydrogen (secondary N) is 1. The molecule has 1 fully saturated rings. The van der Waals surface area contributed by atoms with Crippen molar-refractivity contribution >= 4 is 16.7 Å². The summed E-state index contributed by atoms with van der Waals surface area (Å²) in [5.74, 6) is 0.590. The number of carbonyl (C=O) groups excluding carboxylic acids is 1. The lowest BCUT2D eigenvalue weighted by atomic mass is 9.87. The molecule has 0 amide bonds. The number of hydrogen-bond acceptors (Lipinski definition) is 5. The lowest BCUT2D eigenvalue weighted by Crippen LogP contribution is -2.40. The van der Waals surface area contributed by atoms with Gasteiger partial charge in [-0.15, -0.1) is 0 Å². The van der Waals surface area contributed by atoms with E-state index in [1.807, 2.05) is 12.1 Å². The van der Waals surface area contributed by atoms with E-state index in [9.17, 15) is 4.79 Å². The molecule has 5 nitrogen and oxygen atoms in total. The van der Waals surface area contributed by atoms with Gasteiger partial charge in [-0.1, -0.05) is 66.7 Å². The number of methoxy groups -OCH3 is 1. The molecule has 1 saturated heterocycles. The lowest BCUT2D eigenvalue weighted by molar-refractivity contribution is 0.0106. The van der Waals surface area contributed by atoms with E-state index in [1.165, 1.54) is 21.9 Å².